The lowest BCUT2D eigenvalue weighted by Gasteiger charge is -2.12. The molecule has 0 saturated heterocycles. The van der Waals surface area contributed by atoms with Crippen molar-refractivity contribution in [2.45, 2.75) is 19.8 Å². The molecule has 5 nitrogen and oxygen atoms in total. The zero-order valence-corrected chi connectivity index (χ0v) is 10.0. The molecule has 0 fully saturated rings. The maximum atomic E-state index is 11.8. The van der Waals surface area contributed by atoms with E-state index in [2.05, 4.69) is 0 Å². The third-order valence-electron chi connectivity index (χ3n) is 2.65. The van der Waals surface area contributed by atoms with Crippen molar-refractivity contribution in [2.24, 2.45) is 0 Å². The van der Waals surface area contributed by atoms with Crippen molar-refractivity contribution in [3.05, 3.63) is 35.4 Å². The molecule has 1 aromatic rings. The molecule has 2 rings (SSSR count). The lowest BCUT2D eigenvalue weighted by molar-refractivity contribution is -0.118. The van der Waals surface area contributed by atoms with E-state index in [1.807, 2.05) is 0 Å². The predicted octanol–water partition coefficient (Wildman–Crippen LogP) is 1.58. The highest BCUT2D eigenvalue weighted by Gasteiger charge is 2.36. The van der Waals surface area contributed by atoms with Crippen LogP contribution in [0.5, 0.6) is 0 Å². The van der Waals surface area contributed by atoms with Crippen LogP contribution in [0.2, 0.25) is 0 Å². The number of imide groups is 1. The summed E-state index contributed by atoms with van der Waals surface area (Å²) in [6.45, 7) is 1.66. The number of carbonyl (C=O) groups is 3. The predicted molar refractivity (Wildman–Crippen MR) is 62.8 cm³/mol. The summed E-state index contributed by atoms with van der Waals surface area (Å²) in [5.41, 5.74) is 0.711. The molecule has 0 unspecified atom stereocenters. The number of amides is 2. The SMILES string of the molecule is CC(=O)CCCON1C(=O)c2ccccc2C1=O. The molecule has 0 bridgehead atoms. The number of hydrogen-bond donors (Lipinski definition) is 0. The smallest absolute Gasteiger partial charge is 0.285 e. The highest BCUT2D eigenvalue weighted by molar-refractivity contribution is 6.20. The van der Waals surface area contributed by atoms with Crippen LogP contribution >= 0.6 is 0 Å². The number of ketones is 1. The van der Waals surface area contributed by atoms with E-state index >= 15 is 0 Å². The van der Waals surface area contributed by atoms with Gasteiger partial charge in [0.25, 0.3) is 11.8 Å². The number of hydrogen-bond acceptors (Lipinski definition) is 4. The molecule has 18 heavy (non-hydrogen) atoms. The van der Waals surface area contributed by atoms with Crippen molar-refractivity contribution in [2.75, 3.05) is 6.61 Å². The minimum Gasteiger partial charge on any atom is -0.300 e. The average molecular weight is 247 g/mol. The summed E-state index contributed by atoms with van der Waals surface area (Å²) in [4.78, 5) is 39.6. The van der Waals surface area contributed by atoms with E-state index in [0.717, 1.165) is 5.06 Å². The summed E-state index contributed by atoms with van der Waals surface area (Å²) >= 11 is 0. The Bertz CT molecular complexity index is 474. The number of hydroxylamine groups is 2. The topological polar surface area (TPSA) is 63.7 Å². The second kappa shape index (κ2) is 5.10. The van der Waals surface area contributed by atoms with E-state index in [4.69, 9.17) is 4.84 Å². The average Bonchev–Trinajstić information content (AvgIpc) is 2.59. The Morgan fingerprint density at radius 3 is 2.22 bits per heavy atom. The van der Waals surface area contributed by atoms with Crippen LogP contribution in [0.1, 0.15) is 40.5 Å². The molecule has 0 spiro atoms. The van der Waals surface area contributed by atoms with Crippen molar-refractivity contribution >= 4 is 17.6 Å². The molecular formula is C13H13NO4. The van der Waals surface area contributed by atoms with Gasteiger partial charge in [-0.2, -0.15) is 0 Å². The second-order valence-electron chi connectivity index (χ2n) is 4.09. The molecule has 0 atom stereocenters. The lowest BCUT2D eigenvalue weighted by atomic mass is 10.1. The van der Waals surface area contributed by atoms with Crippen molar-refractivity contribution in [3.8, 4) is 0 Å². The van der Waals surface area contributed by atoms with Gasteiger partial charge in [-0.15, -0.1) is 5.06 Å². The van der Waals surface area contributed by atoms with Crippen molar-refractivity contribution in [3.63, 3.8) is 0 Å². The van der Waals surface area contributed by atoms with Crippen LogP contribution in [-0.4, -0.2) is 29.3 Å². The van der Waals surface area contributed by atoms with Crippen LogP contribution in [0.4, 0.5) is 0 Å². The minimum absolute atomic E-state index is 0.0564. The zero-order valence-electron chi connectivity index (χ0n) is 10.0. The zero-order chi connectivity index (χ0) is 13.1. The number of Topliss-reactive ketones (excluding diaryl/α,β-unsaturated/α-hetero) is 1. The first-order valence-electron chi connectivity index (χ1n) is 5.71. The van der Waals surface area contributed by atoms with Crippen LogP contribution in [0.15, 0.2) is 24.3 Å². The second-order valence-corrected chi connectivity index (χ2v) is 4.09. The molecule has 1 heterocycles. The van der Waals surface area contributed by atoms with E-state index in [1.165, 1.54) is 6.92 Å². The summed E-state index contributed by atoms with van der Waals surface area (Å²) in [5.74, 6) is -0.835. The van der Waals surface area contributed by atoms with E-state index in [9.17, 15) is 14.4 Å². The molecule has 94 valence electrons. The lowest BCUT2D eigenvalue weighted by Crippen LogP contribution is -2.30. The molecular weight excluding hydrogens is 234 g/mol. The Morgan fingerprint density at radius 2 is 1.72 bits per heavy atom. The van der Waals surface area contributed by atoms with Gasteiger partial charge in [-0.3, -0.25) is 14.4 Å². The van der Waals surface area contributed by atoms with Gasteiger partial charge < -0.3 is 4.79 Å². The number of fused-ring (bicyclic) bond motifs is 1. The largest absolute Gasteiger partial charge is 0.300 e. The van der Waals surface area contributed by atoms with Gasteiger partial charge in [0.1, 0.15) is 5.78 Å². The van der Waals surface area contributed by atoms with Gasteiger partial charge in [0.15, 0.2) is 0 Å². The van der Waals surface area contributed by atoms with Crippen LogP contribution in [0.3, 0.4) is 0 Å². The third-order valence-corrected chi connectivity index (χ3v) is 2.65. The van der Waals surface area contributed by atoms with E-state index in [-0.39, 0.29) is 12.4 Å². The van der Waals surface area contributed by atoms with Crippen molar-refractivity contribution < 1.29 is 19.2 Å². The van der Waals surface area contributed by atoms with Gasteiger partial charge in [-0.1, -0.05) is 12.1 Å². The van der Waals surface area contributed by atoms with Crippen LogP contribution in [0, 0.1) is 0 Å². The monoisotopic (exact) mass is 247 g/mol. The van der Waals surface area contributed by atoms with Crippen LogP contribution < -0.4 is 0 Å². The van der Waals surface area contributed by atoms with Gasteiger partial charge >= 0.3 is 0 Å². The maximum Gasteiger partial charge on any atom is 0.285 e. The molecule has 0 radical (unpaired) electrons. The Morgan fingerprint density at radius 1 is 1.17 bits per heavy atom. The molecule has 0 N–H and O–H groups in total. The maximum absolute atomic E-state index is 11.8. The number of carbonyl (C=O) groups excluding carboxylic acids is 3. The number of benzene rings is 1. The Balaban J connectivity index is 1.99. The summed E-state index contributed by atoms with van der Waals surface area (Å²) in [7, 11) is 0. The fourth-order valence-electron chi connectivity index (χ4n) is 1.76. The third kappa shape index (κ3) is 2.31. The first kappa shape index (κ1) is 12.4. The summed E-state index contributed by atoms with van der Waals surface area (Å²) in [5, 5.41) is 0.769. The van der Waals surface area contributed by atoms with E-state index in [1.54, 1.807) is 24.3 Å². The van der Waals surface area contributed by atoms with E-state index < -0.39 is 11.8 Å². The Hall–Kier alpha value is -2.01. The molecule has 0 aliphatic carbocycles. The van der Waals surface area contributed by atoms with Gasteiger partial charge in [-0.05, 0) is 25.5 Å². The summed E-state index contributed by atoms with van der Waals surface area (Å²) in [6, 6.07) is 6.58. The summed E-state index contributed by atoms with van der Waals surface area (Å²) in [6.07, 6.45) is 0.867. The van der Waals surface area contributed by atoms with Crippen molar-refractivity contribution in [1.29, 1.82) is 0 Å². The molecule has 1 aliphatic heterocycles. The van der Waals surface area contributed by atoms with Crippen LogP contribution in [0.25, 0.3) is 0 Å². The fourth-order valence-corrected chi connectivity index (χ4v) is 1.76. The fraction of sp³-hybridized carbons (Fsp3) is 0.308. The molecule has 0 saturated carbocycles. The molecule has 5 heteroatoms. The highest BCUT2D eigenvalue weighted by atomic mass is 16.7. The van der Waals surface area contributed by atoms with Crippen LogP contribution in [-0.2, 0) is 9.63 Å². The van der Waals surface area contributed by atoms with Gasteiger partial charge in [-0.25, -0.2) is 0 Å². The highest BCUT2D eigenvalue weighted by Crippen LogP contribution is 2.22. The van der Waals surface area contributed by atoms with Gasteiger partial charge in [0, 0.05) is 6.42 Å². The van der Waals surface area contributed by atoms with Gasteiger partial charge in [0.2, 0.25) is 0 Å². The Labute approximate surface area is 104 Å². The molecule has 0 aromatic heterocycles. The number of rotatable bonds is 5. The van der Waals surface area contributed by atoms with E-state index in [0.29, 0.717) is 24.0 Å². The first-order chi connectivity index (χ1) is 8.61. The molecule has 1 aliphatic rings. The Kier molecular flexibility index (Phi) is 3.53. The molecule has 1 aromatic carbocycles. The van der Waals surface area contributed by atoms with Crippen molar-refractivity contribution in [1.82, 2.24) is 5.06 Å². The van der Waals surface area contributed by atoms with Gasteiger partial charge in [0.05, 0.1) is 17.7 Å². The summed E-state index contributed by atoms with van der Waals surface area (Å²) < 4.78 is 0. The first-order valence-corrected chi connectivity index (χ1v) is 5.71. The normalized spacial score (nSPS) is 13.9. The minimum atomic E-state index is -0.446. The quantitative estimate of drug-likeness (QED) is 0.585. The number of nitrogens with zero attached hydrogens (tertiary/aromatic N) is 1. The standard InChI is InChI=1S/C13H13NO4/c1-9(15)5-4-8-18-14-12(16)10-6-2-3-7-11(10)13(14)17/h2-3,6-7H,4-5,8H2,1H3. The molecule has 2 amide bonds.